The molecule has 0 aliphatic heterocycles. The van der Waals surface area contributed by atoms with Crippen molar-refractivity contribution in [2.75, 3.05) is 0 Å². The second kappa shape index (κ2) is 6.49. The molecule has 0 spiro atoms. The SMILES string of the molecule is C=CCn1/c(=N/S(=O)(=O)c2ccc(F)cc2)sc2cc(F)cc(F)c21. The summed E-state index contributed by atoms with van der Waals surface area (Å²) in [6, 6.07) is 5.98. The van der Waals surface area contributed by atoms with Crippen LogP contribution in [0.4, 0.5) is 13.2 Å². The second-order valence-corrected chi connectivity index (χ2v) is 7.65. The summed E-state index contributed by atoms with van der Waals surface area (Å²) in [5, 5.41) is 0. The lowest BCUT2D eigenvalue weighted by Crippen LogP contribution is -2.17. The zero-order valence-electron chi connectivity index (χ0n) is 12.6. The molecule has 0 fully saturated rings. The Kier molecular flexibility index (Phi) is 4.53. The Morgan fingerprint density at radius 2 is 1.80 bits per heavy atom. The van der Waals surface area contributed by atoms with Gasteiger partial charge in [-0.25, -0.2) is 13.2 Å². The largest absolute Gasteiger partial charge is 0.309 e. The van der Waals surface area contributed by atoms with Gasteiger partial charge in [0.15, 0.2) is 5.82 Å². The monoisotopic (exact) mass is 384 g/mol. The number of aromatic nitrogens is 1. The van der Waals surface area contributed by atoms with Gasteiger partial charge in [0.2, 0.25) is 4.80 Å². The van der Waals surface area contributed by atoms with E-state index in [9.17, 15) is 21.6 Å². The predicted molar refractivity (Wildman–Crippen MR) is 89.1 cm³/mol. The van der Waals surface area contributed by atoms with Crippen LogP contribution in [0.15, 0.2) is 58.3 Å². The molecular formula is C16H11F3N2O2S2. The summed E-state index contributed by atoms with van der Waals surface area (Å²) in [4.78, 5) is -0.244. The summed E-state index contributed by atoms with van der Waals surface area (Å²) in [6.07, 6.45) is 1.44. The first-order valence-corrected chi connectivity index (χ1v) is 9.23. The molecule has 0 atom stereocenters. The van der Waals surface area contributed by atoms with Gasteiger partial charge in [-0.3, -0.25) is 0 Å². The van der Waals surface area contributed by atoms with E-state index in [1.54, 1.807) is 0 Å². The average Bonchev–Trinajstić information content (AvgIpc) is 2.85. The van der Waals surface area contributed by atoms with Crippen molar-refractivity contribution in [2.45, 2.75) is 11.4 Å². The lowest BCUT2D eigenvalue weighted by atomic mass is 10.3. The molecule has 0 aliphatic rings. The first-order chi connectivity index (χ1) is 11.8. The Labute approximate surface area is 145 Å². The summed E-state index contributed by atoms with van der Waals surface area (Å²) in [6.45, 7) is 3.63. The highest BCUT2D eigenvalue weighted by Crippen LogP contribution is 2.23. The second-order valence-electron chi connectivity index (χ2n) is 5.04. The number of allylic oxidation sites excluding steroid dienone is 1. The van der Waals surface area contributed by atoms with Crippen LogP contribution < -0.4 is 4.80 Å². The Morgan fingerprint density at radius 1 is 1.12 bits per heavy atom. The summed E-state index contributed by atoms with van der Waals surface area (Å²) in [5.74, 6) is -2.18. The molecule has 0 amide bonds. The van der Waals surface area contributed by atoms with Gasteiger partial charge in [0.25, 0.3) is 10.0 Å². The van der Waals surface area contributed by atoms with Gasteiger partial charge < -0.3 is 4.57 Å². The van der Waals surface area contributed by atoms with E-state index < -0.39 is 27.5 Å². The number of halogens is 3. The van der Waals surface area contributed by atoms with Crippen molar-refractivity contribution in [2.24, 2.45) is 4.40 Å². The van der Waals surface area contributed by atoms with Crippen molar-refractivity contribution in [3.05, 3.63) is 71.3 Å². The van der Waals surface area contributed by atoms with Crippen LogP contribution in [0, 0.1) is 17.5 Å². The smallest absolute Gasteiger partial charge is 0.285 e. The van der Waals surface area contributed by atoms with E-state index in [0.717, 1.165) is 41.7 Å². The minimum Gasteiger partial charge on any atom is -0.309 e. The third kappa shape index (κ3) is 3.38. The van der Waals surface area contributed by atoms with Gasteiger partial charge in [0.1, 0.15) is 11.6 Å². The summed E-state index contributed by atoms with van der Waals surface area (Å²) in [7, 11) is -4.14. The molecule has 0 saturated carbocycles. The Hall–Kier alpha value is -2.39. The predicted octanol–water partition coefficient (Wildman–Crippen LogP) is 3.60. The molecule has 1 aromatic heterocycles. The van der Waals surface area contributed by atoms with Crippen LogP contribution in [0.5, 0.6) is 0 Å². The van der Waals surface area contributed by atoms with Crippen LogP contribution in [0.1, 0.15) is 0 Å². The molecule has 0 saturated heterocycles. The summed E-state index contributed by atoms with van der Waals surface area (Å²) in [5.41, 5.74) is 0.0411. The molecule has 25 heavy (non-hydrogen) atoms. The molecule has 0 unspecified atom stereocenters. The van der Waals surface area contributed by atoms with E-state index in [2.05, 4.69) is 11.0 Å². The van der Waals surface area contributed by atoms with Crippen molar-refractivity contribution >= 4 is 31.6 Å². The molecule has 1 heterocycles. The van der Waals surface area contributed by atoms with Gasteiger partial charge in [-0.2, -0.15) is 8.42 Å². The maximum atomic E-state index is 14.1. The highest BCUT2D eigenvalue weighted by molar-refractivity contribution is 7.90. The van der Waals surface area contributed by atoms with Crippen molar-refractivity contribution in [3.63, 3.8) is 0 Å². The molecule has 0 bridgehead atoms. The fourth-order valence-electron chi connectivity index (χ4n) is 2.26. The maximum Gasteiger partial charge on any atom is 0.285 e. The third-order valence-electron chi connectivity index (χ3n) is 3.32. The molecule has 130 valence electrons. The van der Waals surface area contributed by atoms with Crippen molar-refractivity contribution in [1.82, 2.24) is 4.57 Å². The normalized spacial score (nSPS) is 12.7. The molecule has 0 radical (unpaired) electrons. The lowest BCUT2D eigenvalue weighted by Gasteiger charge is -2.03. The van der Waals surface area contributed by atoms with Gasteiger partial charge in [-0.1, -0.05) is 17.4 Å². The van der Waals surface area contributed by atoms with E-state index >= 15 is 0 Å². The highest BCUT2D eigenvalue weighted by atomic mass is 32.2. The molecule has 9 heteroatoms. The zero-order valence-corrected chi connectivity index (χ0v) is 14.2. The fourth-order valence-corrected chi connectivity index (χ4v) is 4.54. The topological polar surface area (TPSA) is 51.4 Å². The van der Waals surface area contributed by atoms with E-state index in [1.807, 2.05) is 0 Å². The zero-order chi connectivity index (χ0) is 18.2. The number of hydrogen-bond donors (Lipinski definition) is 0. The standard InChI is InChI=1S/C16H11F3N2O2S2/c1-2-7-21-15-13(19)8-11(18)9-14(15)24-16(21)20-25(22,23)12-5-3-10(17)4-6-12/h2-6,8-9H,1,7H2/b20-16-. The molecule has 2 aromatic carbocycles. The highest BCUT2D eigenvalue weighted by Gasteiger charge is 2.17. The van der Waals surface area contributed by atoms with Crippen LogP contribution in [-0.2, 0) is 16.6 Å². The number of thiazole rings is 1. The third-order valence-corrected chi connectivity index (χ3v) is 5.74. The van der Waals surface area contributed by atoms with Crippen LogP contribution in [-0.4, -0.2) is 13.0 Å². The molecule has 0 N–H and O–H groups in total. The minimum atomic E-state index is -4.14. The minimum absolute atomic E-state index is 0.0382. The van der Waals surface area contributed by atoms with E-state index in [4.69, 9.17) is 0 Å². The number of benzene rings is 2. The fraction of sp³-hybridized carbons (Fsp3) is 0.0625. The molecule has 0 aliphatic carbocycles. The number of rotatable bonds is 4. The van der Waals surface area contributed by atoms with Crippen LogP contribution >= 0.6 is 11.3 Å². The Morgan fingerprint density at radius 3 is 2.44 bits per heavy atom. The van der Waals surface area contributed by atoms with Crippen molar-refractivity contribution in [1.29, 1.82) is 0 Å². The Balaban J connectivity index is 2.28. The van der Waals surface area contributed by atoms with E-state index in [1.165, 1.54) is 10.6 Å². The molecular weight excluding hydrogens is 373 g/mol. The number of hydrogen-bond acceptors (Lipinski definition) is 3. The van der Waals surface area contributed by atoms with Gasteiger partial charge in [0.05, 0.1) is 15.1 Å². The van der Waals surface area contributed by atoms with E-state index in [0.29, 0.717) is 6.07 Å². The quantitative estimate of drug-likeness (QED) is 0.646. The van der Waals surface area contributed by atoms with Crippen LogP contribution in [0.2, 0.25) is 0 Å². The van der Waals surface area contributed by atoms with Crippen LogP contribution in [0.25, 0.3) is 10.2 Å². The summed E-state index contributed by atoms with van der Waals surface area (Å²) < 4.78 is 70.6. The van der Waals surface area contributed by atoms with Crippen LogP contribution in [0.3, 0.4) is 0 Å². The maximum absolute atomic E-state index is 14.1. The van der Waals surface area contributed by atoms with Gasteiger partial charge in [0, 0.05) is 12.6 Å². The van der Waals surface area contributed by atoms with Crippen molar-refractivity contribution < 1.29 is 21.6 Å². The van der Waals surface area contributed by atoms with E-state index in [-0.39, 0.29) is 26.5 Å². The number of sulfonamides is 1. The Bertz CT molecular complexity index is 1130. The first kappa shape index (κ1) is 17.4. The first-order valence-electron chi connectivity index (χ1n) is 6.97. The van der Waals surface area contributed by atoms with Gasteiger partial charge in [-0.05, 0) is 30.3 Å². The lowest BCUT2D eigenvalue weighted by molar-refractivity contribution is 0.584. The molecule has 3 rings (SSSR count). The number of nitrogens with zero attached hydrogens (tertiary/aromatic N) is 2. The summed E-state index contributed by atoms with van der Waals surface area (Å²) >= 11 is 0.832. The molecule has 4 nitrogen and oxygen atoms in total. The molecule has 3 aromatic rings. The van der Waals surface area contributed by atoms with Crippen molar-refractivity contribution in [3.8, 4) is 0 Å². The van der Waals surface area contributed by atoms with Gasteiger partial charge >= 0.3 is 0 Å². The average molecular weight is 384 g/mol. The number of fused-ring (bicyclic) bond motifs is 1. The van der Waals surface area contributed by atoms with Gasteiger partial charge in [-0.15, -0.1) is 11.0 Å².